The molecule has 2 aromatic rings. The molecule has 10 nitrogen and oxygen atoms in total. The van der Waals surface area contributed by atoms with Crippen LogP contribution >= 0.6 is 0 Å². The number of benzene rings is 2. The zero-order valence-corrected chi connectivity index (χ0v) is 19.9. The highest BCUT2D eigenvalue weighted by atomic mass is 16.5. The van der Waals surface area contributed by atoms with Crippen molar-refractivity contribution in [3.63, 3.8) is 0 Å². The number of nitrogens with one attached hydrogen (secondary N) is 2. The fourth-order valence-corrected chi connectivity index (χ4v) is 3.76. The first-order valence-electron chi connectivity index (χ1n) is 11.3. The molecule has 0 atom stereocenters. The largest absolute Gasteiger partial charge is 0.465 e. The molecule has 0 saturated carbocycles. The van der Waals surface area contributed by atoms with Crippen molar-refractivity contribution in [2.75, 3.05) is 52.3 Å². The molecule has 35 heavy (non-hydrogen) atoms. The second-order valence-electron chi connectivity index (χ2n) is 8.09. The molecule has 1 aliphatic rings. The lowest BCUT2D eigenvalue weighted by atomic mass is 10.1. The predicted octanol–water partition coefficient (Wildman–Crippen LogP) is 2.12. The van der Waals surface area contributed by atoms with E-state index in [0.717, 1.165) is 5.56 Å². The monoisotopic (exact) mass is 482 g/mol. The smallest absolute Gasteiger partial charge is 0.337 e. The fraction of sp³-hybridized carbons (Fsp3) is 0.360. The minimum absolute atomic E-state index is 0.0679. The summed E-state index contributed by atoms with van der Waals surface area (Å²) in [6, 6.07) is 13.6. The Bertz CT molecular complexity index is 1020. The fourth-order valence-electron chi connectivity index (χ4n) is 3.76. The van der Waals surface area contributed by atoms with Crippen LogP contribution in [-0.2, 0) is 20.8 Å². The second-order valence-corrected chi connectivity index (χ2v) is 8.09. The molecule has 1 fully saturated rings. The van der Waals surface area contributed by atoms with Crippen LogP contribution in [0, 0.1) is 0 Å². The lowest BCUT2D eigenvalue weighted by molar-refractivity contribution is -0.122. The molecular weight excluding hydrogens is 452 g/mol. The maximum Gasteiger partial charge on any atom is 0.337 e. The Morgan fingerprint density at radius 3 is 2.14 bits per heavy atom. The van der Waals surface area contributed by atoms with Crippen molar-refractivity contribution < 1.29 is 28.7 Å². The summed E-state index contributed by atoms with van der Waals surface area (Å²) < 4.78 is 9.46. The van der Waals surface area contributed by atoms with Gasteiger partial charge >= 0.3 is 18.0 Å². The van der Waals surface area contributed by atoms with Gasteiger partial charge in [0, 0.05) is 38.4 Å². The number of methoxy groups -OCH3 is 2. The van der Waals surface area contributed by atoms with Crippen LogP contribution in [0.1, 0.15) is 32.7 Å². The van der Waals surface area contributed by atoms with Crippen molar-refractivity contribution in [2.45, 2.75) is 13.0 Å². The van der Waals surface area contributed by atoms with Crippen molar-refractivity contribution in [3.8, 4) is 0 Å². The average Bonchev–Trinajstić information content (AvgIpc) is 3.12. The van der Waals surface area contributed by atoms with E-state index in [1.165, 1.54) is 32.4 Å². The highest BCUT2D eigenvalue weighted by molar-refractivity contribution is 5.99. The molecule has 1 saturated heterocycles. The molecule has 10 heteroatoms. The zero-order chi connectivity index (χ0) is 25.2. The molecule has 0 unspecified atom stereocenters. The van der Waals surface area contributed by atoms with Crippen LogP contribution < -0.4 is 10.6 Å². The number of anilines is 1. The van der Waals surface area contributed by atoms with Gasteiger partial charge in [0.25, 0.3) is 0 Å². The topological polar surface area (TPSA) is 117 Å². The second kappa shape index (κ2) is 12.5. The van der Waals surface area contributed by atoms with Gasteiger partial charge in [0.05, 0.1) is 31.9 Å². The Balaban J connectivity index is 1.56. The maximum atomic E-state index is 12.9. The zero-order valence-electron chi connectivity index (χ0n) is 19.9. The molecular formula is C25H30N4O6. The van der Waals surface area contributed by atoms with Crippen LogP contribution in [0.4, 0.5) is 10.5 Å². The first kappa shape index (κ1) is 25.7. The van der Waals surface area contributed by atoms with Crippen LogP contribution in [0.25, 0.3) is 0 Å². The lowest BCUT2D eigenvalue weighted by Crippen LogP contribution is -2.40. The van der Waals surface area contributed by atoms with E-state index < -0.39 is 11.9 Å². The minimum atomic E-state index is -0.637. The van der Waals surface area contributed by atoms with Crippen molar-refractivity contribution in [2.24, 2.45) is 0 Å². The number of hydrogen-bond donors (Lipinski definition) is 2. The summed E-state index contributed by atoms with van der Waals surface area (Å²) in [5, 5.41) is 5.67. The summed E-state index contributed by atoms with van der Waals surface area (Å²) in [7, 11) is 2.46. The van der Waals surface area contributed by atoms with Gasteiger partial charge < -0.3 is 25.0 Å². The molecule has 0 bridgehead atoms. The highest BCUT2D eigenvalue weighted by Gasteiger charge is 2.22. The van der Waals surface area contributed by atoms with Gasteiger partial charge in [-0.05, 0) is 30.2 Å². The Labute approximate surface area is 204 Å². The van der Waals surface area contributed by atoms with Crippen LogP contribution in [0.15, 0.2) is 48.5 Å². The van der Waals surface area contributed by atoms with Crippen LogP contribution in [0.3, 0.4) is 0 Å². The molecule has 0 radical (unpaired) electrons. The van der Waals surface area contributed by atoms with Crippen molar-refractivity contribution in [1.82, 2.24) is 15.1 Å². The van der Waals surface area contributed by atoms with Crippen LogP contribution in [0.2, 0.25) is 0 Å². The molecule has 0 spiro atoms. The average molecular weight is 483 g/mol. The van der Waals surface area contributed by atoms with Gasteiger partial charge in [-0.1, -0.05) is 30.3 Å². The number of carbonyl (C=O) groups excluding carboxylic acids is 4. The van der Waals surface area contributed by atoms with Crippen LogP contribution in [-0.4, -0.2) is 80.6 Å². The van der Waals surface area contributed by atoms with Crippen LogP contribution in [0.5, 0.6) is 0 Å². The van der Waals surface area contributed by atoms with E-state index >= 15 is 0 Å². The van der Waals surface area contributed by atoms with Crippen molar-refractivity contribution >= 4 is 29.6 Å². The van der Waals surface area contributed by atoms with Gasteiger partial charge in [0.1, 0.15) is 0 Å². The van der Waals surface area contributed by atoms with Gasteiger partial charge in [-0.15, -0.1) is 0 Å². The normalized spacial score (nSPS) is 13.9. The summed E-state index contributed by atoms with van der Waals surface area (Å²) in [6.07, 6.45) is 0.703. The summed E-state index contributed by atoms with van der Waals surface area (Å²) in [5.74, 6) is -1.34. The molecule has 186 valence electrons. The number of nitrogens with zero attached hydrogens (tertiary/aromatic N) is 2. The maximum absolute atomic E-state index is 12.9. The number of rotatable bonds is 7. The first-order valence-corrected chi connectivity index (χ1v) is 11.3. The Kier molecular flexibility index (Phi) is 9.19. The molecule has 1 aliphatic heterocycles. The van der Waals surface area contributed by atoms with Gasteiger partial charge in [-0.3, -0.25) is 9.69 Å². The molecule has 3 rings (SSSR count). The van der Waals surface area contributed by atoms with Gasteiger partial charge in [0.2, 0.25) is 5.91 Å². The molecule has 0 aromatic heterocycles. The number of esters is 2. The standard InChI is InChI=1S/C25H30N4O6/c1-34-23(31)19-13-20(24(32)35-2)15-21(14-19)27-25(33)29-10-6-9-28(11-12-29)17-22(30)26-16-18-7-4-3-5-8-18/h3-5,7-8,13-15H,6,9-12,16-17H2,1-2H3,(H,26,30)(H,27,33). The minimum Gasteiger partial charge on any atom is -0.465 e. The van der Waals surface area contributed by atoms with E-state index in [9.17, 15) is 19.2 Å². The quantitative estimate of drug-likeness (QED) is 0.581. The van der Waals surface area contributed by atoms with Gasteiger partial charge in [0.15, 0.2) is 0 Å². The molecule has 3 amide bonds. The Morgan fingerprint density at radius 1 is 0.857 bits per heavy atom. The molecule has 2 N–H and O–H groups in total. The summed E-state index contributed by atoms with van der Waals surface area (Å²) >= 11 is 0. The van der Waals surface area contributed by atoms with E-state index in [4.69, 9.17) is 9.47 Å². The van der Waals surface area contributed by atoms with Crippen molar-refractivity contribution in [1.29, 1.82) is 0 Å². The lowest BCUT2D eigenvalue weighted by Gasteiger charge is -2.22. The number of carbonyl (C=O) groups is 4. The Hall–Kier alpha value is -3.92. The third-order valence-electron chi connectivity index (χ3n) is 5.60. The van der Waals surface area contributed by atoms with E-state index in [-0.39, 0.29) is 35.3 Å². The van der Waals surface area contributed by atoms with Crippen molar-refractivity contribution in [3.05, 3.63) is 65.2 Å². The Morgan fingerprint density at radius 2 is 1.51 bits per heavy atom. The highest BCUT2D eigenvalue weighted by Crippen LogP contribution is 2.18. The van der Waals surface area contributed by atoms with Gasteiger partial charge in [-0.25, -0.2) is 14.4 Å². The number of hydrogen-bond acceptors (Lipinski definition) is 7. The van der Waals surface area contributed by atoms with E-state index in [0.29, 0.717) is 39.1 Å². The number of urea groups is 1. The summed E-state index contributed by atoms with van der Waals surface area (Å²) in [4.78, 5) is 52.9. The molecule has 1 heterocycles. The van der Waals surface area contributed by atoms with E-state index in [1.54, 1.807) is 4.90 Å². The van der Waals surface area contributed by atoms with Gasteiger partial charge in [-0.2, -0.15) is 0 Å². The third kappa shape index (κ3) is 7.54. The SMILES string of the molecule is COC(=O)c1cc(NC(=O)N2CCCN(CC(=O)NCc3ccccc3)CC2)cc(C(=O)OC)c1. The summed E-state index contributed by atoms with van der Waals surface area (Å²) in [6.45, 7) is 2.90. The third-order valence-corrected chi connectivity index (χ3v) is 5.60. The molecule has 2 aromatic carbocycles. The van der Waals surface area contributed by atoms with E-state index in [2.05, 4.69) is 10.6 Å². The predicted molar refractivity (Wildman–Crippen MR) is 129 cm³/mol. The molecule has 0 aliphatic carbocycles. The number of ether oxygens (including phenoxy) is 2. The first-order chi connectivity index (χ1) is 16.9. The van der Waals surface area contributed by atoms with E-state index in [1.807, 2.05) is 35.2 Å². The summed E-state index contributed by atoms with van der Waals surface area (Å²) in [5.41, 5.74) is 1.55. The number of amides is 3.